The standard InChI is InChI=1S/C18H17NO4S/c20-17(14-7-3-1-4-8-14)13-24(21,22)12-16-11-23-18(19-16)15-9-5-2-6-10-15/h1-11,17,20H,12-13H2. The molecule has 0 fully saturated rings. The summed E-state index contributed by atoms with van der Waals surface area (Å²) < 4.78 is 29.9. The Labute approximate surface area is 140 Å². The van der Waals surface area contributed by atoms with Crippen LogP contribution in [0.4, 0.5) is 0 Å². The minimum atomic E-state index is -3.52. The lowest BCUT2D eigenvalue weighted by Crippen LogP contribution is -2.16. The number of hydrogen-bond acceptors (Lipinski definition) is 5. The highest BCUT2D eigenvalue weighted by atomic mass is 32.2. The maximum absolute atomic E-state index is 12.3. The maximum atomic E-state index is 12.3. The van der Waals surface area contributed by atoms with Crippen LogP contribution in [-0.4, -0.2) is 24.3 Å². The van der Waals surface area contributed by atoms with Crippen LogP contribution in [0.1, 0.15) is 17.4 Å². The van der Waals surface area contributed by atoms with Gasteiger partial charge in [0.2, 0.25) is 5.89 Å². The van der Waals surface area contributed by atoms with Gasteiger partial charge in [-0.3, -0.25) is 0 Å². The van der Waals surface area contributed by atoms with E-state index in [9.17, 15) is 13.5 Å². The zero-order valence-electron chi connectivity index (χ0n) is 12.9. The number of rotatable bonds is 6. The highest BCUT2D eigenvalue weighted by Crippen LogP contribution is 2.21. The normalized spacial score (nSPS) is 12.9. The van der Waals surface area contributed by atoms with Crippen LogP contribution >= 0.6 is 0 Å². The van der Waals surface area contributed by atoms with Gasteiger partial charge in [-0.2, -0.15) is 0 Å². The van der Waals surface area contributed by atoms with Crippen LogP contribution < -0.4 is 0 Å². The van der Waals surface area contributed by atoms with Crippen molar-refractivity contribution in [2.45, 2.75) is 11.9 Å². The molecular weight excluding hydrogens is 326 g/mol. The summed E-state index contributed by atoms with van der Waals surface area (Å²) in [6.07, 6.45) is 0.283. The molecule has 0 aliphatic carbocycles. The van der Waals surface area contributed by atoms with Gasteiger partial charge in [-0.1, -0.05) is 48.5 Å². The Balaban J connectivity index is 1.70. The summed E-state index contributed by atoms with van der Waals surface area (Å²) in [7, 11) is -3.52. The minimum absolute atomic E-state index is 0.271. The number of sulfone groups is 1. The van der Waals surface area contributed by atoms with Gasteiger partial charge < -0.3 is 9.52 Å². The molecule has 0 aliphatic rings. The van der Waals surface area contributed by atoms with Crippen LogP contribution in [-0.2, 0) is 15.6 Å². The molecule has 1 heterocycles. The van der Waals surface area contributed by atoms with Crippen molar-refractivity contribution in [3.63, 3.8) is 0 Å². The van der Waals surface area contributed by atoms with E-state index in [4.69, 9.17) is 4.42 Å². The fraction of sp³-hybridized carbons (Fsp3) is 0.167. The molecule has 2 aromatic carbocycles. The first-order valence-electron chi connectivity index (χ1n) is 7.47. The van der Waals surface area contributed by atoms with Crippen molar-refractivity contribution in [3.05, 3.63) is 78.2 Å². The molecular formula is C18H17NO4S. The summed E-state index contributed by atoms with van der Waals surface area (Å²) >= 11 is 0. The predicted molar refractivity (Wildman–Crippen MR) is 90.8 cm³/mol. The van der Waals surface area contributed by atoms with Crippen molar-refractivity contribution in [2.75, 3.05) is 5.75 Å². The van der Waals surface area contributed by atoms with Crippen LogP contribution in [0.2, 0.25) is 0 Å². The van der Waals surface area contributed by atoms with Crippen molar-refractivity contribution in [1.29, 1.82) is 0 Å². The zero-order valence-corrected chi connectivity index (χ0v) is 13.7. The molecule has 3 rings (SSSR count). The maximum Gasteiger partial charge on any atom is 0.226 e. The number of hydrogen-bond donors (Lipinski definition) is 1. The third kappa shape index (κ3) is 4.10. The largest absolute Gasteiger partial charge is 0.444 e. The Morgan fingerprint density at radius 1 is 1.00 bits per heavy atom. The van der Waals surface area contributed by atoms with Crippen molar-refractivity contribution in [1.82, 2.24) is 4.98 Å². The molecule has 1 atom stereocenters. The molecule has 0 bridgehead atoms. The number of nitrogens with zero attached hydrogens (tertiary/aromatic N) is 1. The smallest absolute Gasteiger partial charge is 0.226 e. The average molecular weight is 343 g/mol. The third-order valence-electron chi connectivity index (χ3n) is 3.54. The van der Waals surface area contributed by atoms with E-state index in [-0.39, 0.29) is 11.5 Å². The Morgan fingerprint density at radius 2 is 1.62 bits per heavy atom. The molecule has 1 N–H and O–H groups in total. The molecule has 1 unspecified atom stereocenters. The van der Waals surface area contributed by atoms with Gasteiger partial charge in [-0.15, -0.1) is 0 Å². The molecule has 0 radical (unpaired) electrons. The van der Waals surface area contributed by atoms with Gasteiger partial charge in [0, 0.05) is 5.56 Å². The van der Waals surface area contributed by atoms with Gasteiger partial charge >= 0.3 is 0 Å². The lowest BCUT2D eigenvalue weighted by Gasteiger charge is -2.10. The van der Waals surface area contributed by atoms with E-state index in [1.807, 2.05) is 36.4 Å². The molecule has 0 saturated carbocycles. The summed E-state index contributed by atoms with van der Waals surface area (Å²) in [5.41, 5.74) is 1.69. The first kappa shape index (κ1) is 16.4. The van der Waals surface area contributed by atoms with E-state index in [1.165, 1.54) is 6.26 Å². The van der Waals surface area contributed by atoms with Crippen molar-refractivity contribution >= 4 is 9.84 Å². The van der Waals surface area contributed by atoms with Gasteiger partial charge in [0.05, 0.1) is 23.3 Å². The topological polar surface area (TPSA) is 80.4 Å². The quantitative estimate of drug-likeness (QED) is 0.744. The average Bonchev–Trinajstić information content (AvgIpc) is 3.03. The second kappa shape index (κ2) is 6.98. The monoisotopic (exact) mass is 343 g/mol. The molecule has 124 valence electrons. The molecule has 0 saturated heterocycles. The van der Waals surface area contributed by atoms with Crippen LogP contribution in [0.15, 0.2) is 71.3 Å². The summed E-state index contributed by atoms with van der Waals surface area (Å²) in [5, 5.41) is 10.1. The van der Waals surface area contributed by atoms with Crippen LogP contribution in [0.3, 0.4) is 0 Å². The number of aliphatic hydroxyl groups is 1. The van der Waals surface area contributed by atoms with Crippen molar-refractivity contribution in [2.24, 2.45) is 0 Å². The van der Waals surface area contributed by atoms with Gasteiger partial charge in [0.1, 0.15) is 6.26 Å². The summed E-state index contributed by atoms with van der Waals surface area (Å²) in [6, 6.07) is 18.0. The molecule has 0 amide bonds. The van der Waals surface area contributed by atoms with E-state index < -0.39 is 15.9 Å². The van der Waals surface area contributed by atoms with Gasteiger partial charge in [-0.25, -0.2) is 13.4 Å². The van der Waals surface area contributed by atoms with Crippen molar-refractivity contribution in [3.8, 4) is 11.5 Å². The fourth-order valence-corrected chi connectivity index (χ4v) is 3.76. The first-order valence-corrected chi connectivity index (χ1v) is 9.29. The van der Waals surface area contributed by atoms with Gasteiger partial charge in [0.15, 0.2) is 9.84 Å². The zero-order chi connectivity index (χ0) is 17.0. The number of benzene rings is 2. The van der Waals surface area contributed by atoms with Crippen LogP contribution in [0.25, 0.3) is 11.5 Å². The minimum Gasteiger partial charge on any atom is -0.444 e. The van der Waals surface area contributed by atoms with Gasteiger partial charge in [-0.05, 0) is 17.7 Å². The first-order chi connectivity index (χ1) is 11.5. The fourth-order valence-electron chi connectivity index (χ4n) is 2.38. The molecule has 3 aromatic rings. The molecule has 0 spiro atoms. The van der Waals surface area contributed by atoms with Crippen LogP contribution in [0.5, 0.6) is 0 Å². The highest BCUT2D eigenvalue weighted by Gasteiger charge is 2.21. The Morgan fingerprint density at radius 3 is 2.29 bits per heavy atom. The lowest BCUT2D eigenvalue weighted by atomic mass is 10.1. The van der Waals surface area contributed by atoms with E-state index in [0.29, 0.717) is 17.1 Å². The molecule has 5 nitrogen and oxygen atoms in total. The molecule has 6 heteroatoms. The number of aliphatic hydroxyl groups excluding tert-OH is 1. The van der Waals surface area contributed by atoms with Crippen LogP contribution in [0, 0.1) is 0 Å². The summed E-state index contributed by atoms with van der Waals surface area (Å²) in [4.78, 5) is 4.22. The Hall–Kier alpha value is -2.44. The van der Waals surface area contributed by atoms with Gasteiger partial charge in [0.25, 0.3) is 0 Å². The SMILES string of the molecule is O=S(=O)(Cc1coc(-c2ccccc2)n1)CC(O)c1ccccc1. The Bertz CT molecular complexity index is 889. The number of aromatic nitrogens is 1. The number of oxazole rings is 1. The molecule has 0 aliphatic heterocycles. The third-order valence-corrected chi connectivity index (χ3v) is 5.10. The molecule has 24 heavy (non-hydrogen) atoms. The van der Waals surface area contributed by atoms with E-state index in [0.717, 1.165) is 5.56 Å². The predicted octanol–water partition coefficient (Wildman–Crippen LogP) is 2.99. The van der Waals surface area contributed by atoms with Crippen molar-refractivity contribution < 1.29 is 17.9 Å². The van der Waals surface area contributed by atoms with E-state index in [2.05, 4.69) is 4.98 Å². The van der Waals surface area contributed by atoms with E-state index in [1.54, 1.807) is 24.3 Å². The summed E-state index contributed by atoms with van der Waals surface area (Å²) in [6.45, 7) is 0. The summed E-state index contributed by atoms with van der Waals surface area (Å²) in [5.74, 6) is -0.248. The Kier molecular flexibility index (Phi) is 4.78. The molecule has 1 aromatic heterocycles. The second-order valence-corrected chi connectivity index (χ2v) is 7.60. The highest BCUT2D eigenvalue weighted by molar-refractivity contribution is 7.90. The second-order valence-electron chi connectivity index (χ2n) is 5.49. The lowest BCUT2D eigenvalue weighted by molar-refractivity contribution is 0.201. The van der Waals surface area contributed by atoms with E-state index >= 15 is 0 Å².